The van der Waals surface area contributed by atoms with Crippen LogP contribution in [0.5, 0.6) is 0 Å². The molecule has 0 amide bonds. The number of hydrogen-bond acceptors (Lipinski definition) is 1. The largest absolute Gasteiger partial charge is 0.393 e. The normalized spacial score (nSPS) is 13.9. The van der Waals surface area contributed by atoms with Crippen LogP contribution in [0.2, 0.25) is 0 Å². The predicted molar refractivity (Wildman–Crippen MR) is 65.1 cm³/mol. The van der Waals surface area contributed by atoms with Crippen molar-refractivity contribution in [2.24, 2.45) is 0 Å². The Labute approximate surface area is 93.1 Å². The highest BCUT2D eigenvalue weighted by Crippen LogP contribution is 2.22. The smallest absolute Gasteiger partial charge is 0.0515 e. The van der Waals surface area contributed by atoms with E-state index in [2.05, 4.69) is 45.0 Å². The second-order valence-corrected chi connectivity index (χ2v) is 5.33. The van der Waals surface area contributed by atoms with Gasteiger partial charge >= 0.3 is 0 Å². The summed E-state index contributed by atoms with van der Waals surface area (Å²) in [5, 5.41) is 9.20. The van der Waals surface area contributed by atoms with Gasteiger partial charge in [-0.15, -0.1) is 0 Å². The van der Waals surface area contributed by atoms with Gasteiger partial charge in [-0.1, -0.05) is 45.0 Å². The molecule has 1 aromatic carbocycles. The molecule has 0 aliphatic carbocycles. The van der Waals surface area contributed by atoms with Crippen LogP contribution in [0.3, 0.4) is 0 Å². The number of aliphatic hydroxyl groups is 1. The van der Waals surface area contributed by atoms with Crippen molar-refractivity contribution in [2.45, 2.75) is 52.1 Å². The molecule has 1 nitrogen and oxygen atoms in total. The molecule has 1 rings (SSSR count). The Morgan fingerprint density at radius 3 is 2.07 bits per heavy atom. The Balaban J connectivity index is 2.65. The third-order valence-corrected chi connectivity index (χ3v) is 2.67. The highest BCUT2D eigenvalue weighted by Gasteiger charge is 2.12. The lowest BCUT2D eigenvalue weighted by Gasteiger charge is -2.19. The molecule has 1 aromatic rings. The van der Waals surface area contributed by atoms with Gasteiger partial charge in [-0.05, 0) is 36.3 Å². The second-order valence-electron chi connectivity index (χ2n) is 5.33. The first-order valence-corrected chi connectivity index (χ1v) is 5.67. The summed E-state index contributed by atoms with van der Waals surface area (Å²) in [4.78, 5) is 0. The molecule has 0 saturated carbocycles. The third kappa shape index (κ3) is 4.05. The van der Waals surface area contributed by atoms with E-state index in [9.17, 15) is 5.11 Å². The monoisotopic (exact) mass is 206 g/mol. The maximum Gasteiger partial charge on any atom is 0.0515 e. The minimum Gasteiger partial charge on any atom is -0.393 e. The fourth-order valence-electron chi connectivity index (χ4n) is 1.55. The van der Waals surface area contributed by atoms with Crippen molar-refractivity contribution >= 4 is 0 Å². The van der Waals surface area contributed by atoms with Gasteiger partial charge in [0.2, 0.25) is 0 Å². The van der Waals surface area contributed by atoms with Gasteiger partial charge < -0.3 is 5.11 Å². The van der Waals surface area contributed by atoms with E-state index in [1.807, 2.05) is 6.92 Å². The number of benzene rings is 1. The van der Waals surface area contributed by atoms with Crippen molar-refractivity contribution in [1.82, 2.24) is 0 Å². The van der Waals surface area contributed by atoms with Gasteiger partial charge in [0, 0.05) is 0 Å². The van der Waals surface area contributed by atoms with Crippen molar-refractivity contribution in [3.05, 3.63) is 35.4 Å². The molecule has 84 valence electrons. The van der Waals surface area contributed by atoms with Crippen LogP contribution in [0.4, 0.5) is 0 Å². The maximum atomic E-state index is 9.20. The lowest BCUT2D eigenvalue weighted by molar-refractivity contribution is 0.185. The molecule has 0 saturated heterocycles. The van der Waals surface area contributed by atoms with Crippen LogP contribution in [-0.2, 0) is 11.8 Å². The predicted octanol–water partition coefficient (Wildman–Crippen LogP) is 3.30. The average Bonchev–Trinajstić information content (AvgIpc) is 2.14. The summed E-state index contributed by atoms with van der Waals surface area (Å²) >= 11 is 0. The van der Waals surface area contributed by atoms with E-state index in [-0.39, 0.29) is 11.5 Å². The first-order valence-electron chi connectivity index (χ1n) is 5.67. The third-order valence-electron chi connectivity index (χ3n) is 2.67. The van der Waals surface area contributed by atoms with Gasteiger partial charge in [-0.25, -0.2) is 0 Å². The summed E-state index contributed by atoms with van der Waals surface area (Å²) < 4.78 is 0. The molecule has 0 bridgehead atoms. The van der Waals surface area contributed by atoms with E-state index < -0.39 is 0 Å². The molecule has 0 heterocycles. The highest BCUT2D eigenvalue weighted by atomic mass is 16.3. The summed E-state index contributed by atoms with van der Waals surface area (Å²) in [6, 6.07) is 8.72. The molecule has 0 aliphatic heterocycles. The van der Waals surface area contributed by atoms with Gasteiger partial charge in [-0.2, -0.15) is 0 Å². The molecular weight excluding hydrogens is 184 g/mol. The molecule has 1 atom stereocenters. The SMILES string of the molecule is C[C@H](O)CCc1ccc(C(C)(C)C)cc1. The molecule has 15 heavy (non-hydrogen) atoms. The molecule has 1 heteroatoms. The number of rotatable bonds is 3. The van der Waals surface area contributed by atoms with Crippen molar-refractivity contribution in [3.8, 4) is 0 Å². The first-order chi connectivity index (χ1) is 6.89. The van der Waals surface area contributed by atoms with Crippen LogP contribution >= 0.6 is 0 Å². The van der Waals surface area contributed by atoms with Crippen molar-refractivity contribution in [1.29, 1.82) is 0 Å². The number of aliphatic hydroxyl groups excluding tert-OH is 1. The van der Waals surface area contributed by atoms with Crippen molar-refractivity contribution < 1.29 is 5.11 Å². The topological polar surface area (TPSA) is 20.2 Å². The van der Waals surface area contributed by atoms with E-state index in [1.165, 1.54) is 11.1 Å². The van der Waals surface area contributed by atoms with Crippen LogP contribution in [0, 0.1) is 0 Å². The second kappa shape index (κ2) is 4.80. The number of hydrogen-bond donors (Lipinski definition) is 1. The van der Waals surface area contributed by atoms with E-state index >= 15 is 0 Å². The molecule has 0 unspecified atom stereocenters. The molecule has 0 aliphatic rings. The van der Waals surface area contributed by atoms with E-state index in [0.717, 1.165) is 12.8 Å². The fraction of sp³-hybridized carbons (Fsp3) is 0.571. The minimum atomic E-state index is -0.202. The van der Waals surface area contributed by atoms with E-state index in [1.54, 1.807) is 0 Å². The summed E-state index contributed by atoms with van der Waals surface area (Å²) in [7, 11) is 0. The standard InChI is InChI=1S/C14H22O/c1-11(15)5-6-12-7-9-13(10-8-12)14(2,3)4/h7-11,15H,5-6H2,1-4H3/t11-/m0/s1. The van der Waals surface area contributed by atoms with Gasteiger partial charge in [0.15, 0.2) is 0 Å². The lowest BCUT2D eigenvalue weighted by atomic mass is 9.86. The summed E-state index contributed by atoms with van der Waals surface area (Å²) in [5.41, 5.74) is 2.90. The van der Waals surface area contributed by atoms with Crippen LogP contribution in [-0.4, -0.2) is 11.2 Å². The minimum absolute atomic E-state index is 0.202. The van der Waals surface area contributed by atoms with Crippen molar-refractivity contribution in [3.63, 3.8) is 0 Å². The molecule has 1 N–H and O–H groups in total. The zero-order valence-electron chi connectivity index (χ0n) is 10.2. The van der Waals surface area contributed by atoms with Crippen LogP contribution in [0.15, 0.2) is 24.3 Å². The highest BCUT2D eigenvalue weighted by molar-refractivity contribution is 5.27. The zero-order valence-corrected chi connectivity index (χ0v) is 10.2. The molecule has 0 spiro atoms. The van der Waals surface area contributed by atoms with Crippen LogP contribution in [0.1, 0.15) is 45.2 Å². The van der Waals surface area contributed by atoms with Crippen molar-refractivity contribution in [2.75, 3.05) is 0 Å². The van der Waals surface area contributed by atoms with Gasteiger partial charge in [0.25, 0.3) is 0 Å². The Bertz CT molecular complexity index is 290. The Hall–Kier alpha value is -0.820. The Kier molecular flexibility index (Phi) is 3.92. The van der Waals surface area contributed by atoms with Crippen LogP contribution < -0.4 is 0 Å². The molecular formula is C14H22O. The first kappa shape index (κ1) is 12.3. The maximum absolute atomic E-state index is 9.20. The quantitative estimate of drug-likeness (QED) is 0.804. The summed E-state index contributed by atoms with van der Waals surface area (Å²) in [6.45, 7) is 8.50. The lowest BCUT2D eigenvalue weighted by Crippen LogP contribution is -2.10. The van der Waals surface area contributed by atoms with E-state index in [0.29, 0.717) is 0 Å². The Morgan fingerprint density at radius 2 is 1.67 bits per heavy atom. The van der Waals surface area contributed by atoms with Crippen LogP contribution in [0.25, 0.3) is 0 Å². The number of aryl methyl sites for hydroxylation is 1. The molecule has 0 fully saturated rings. The Morgan fingerprint density at radius 1 is 1.13 bits per heavy atom. The van der Waals surface area contributed by atoms with Gasteiger partial charge in [0.1, 0.15) is 0 Å². The van der Waals surface area contributed by atoms with Gasteiger partial charge in [0.05, 0.1) is 6.10 Å². The summed E-state index contributed by atoms with van der Waals surface area (Å²) in [5.74, 6) is 0. The fourth-order valence-corrected chi connectivity index (χ4v) is 1.55. The molecule has 0 radical (unpaired) electrons. The van der Waals surface area contributed by atoms with Gasteiger partial charge in [-0.3, -0.25) is 0 Å². The van der Waals surface area contributed by atoms with E-state index in [4.69, 9.17) is 0 Å². The zero-order chi connectivity index (χ0) is 11.5. The molecule has 0 aromatic heterocycles. The average molecular weight is 206 g/mol. The summed E-state index contributed by atoms with van der Waals surface area (Å²) in [6.07, 6.45) is 1.60.